The average Bonchev–Trinajstić information content (AvgIpc) is 2.34. The van der Waals surface area contributed by atoms with Gasteiger partial charge in [0, 0.05) is 38.1 Å². The zero-order valence-corrected chi connectivity index (χ0v) is 14.2. The van der Waals surface area contributed by atoms with Gasteiger partial charge >= 0.3 is 0 Å². The number of hydrogen-bond acceptors (Lipinski definition) is 3. The van der Waals surface area contributed by atoms with Gasteiger partial charge in [-0.2, -0.15) is 0 Å². The van der Waals surface area contributed by atoms with Crippen molar-refractivity contribution in [1.82, 2.24) is 15.1 Å². The van der Waals surface area contributed by atoms with E-state index in [0.717, 1.165) is 32.6 Å². The summed E-state index contributed by atoms with van der Waals surface area (Å²) in [4.78, 5) is 28.0. The molecule has 5 nitrogen and oxygen atoms in total. The second-order valence-electron chi connectivity index (χ2n) is 7.39. The van der Waals surface area contributed by atoms with Crippen molar-refractivity contribution in [3.8, 4) is 0 Å². The Labute approximate surface area is 129 Å². The standard InChI is InChI=1S/C16H31N3O2/c1-13(2)6-7-15(21)19-10-8-18(9-11-19)12-14(20)17-16(3,4)5/h13H,6-12H2,1-5H3,(H,17,20). The second kappa shape index (κ2) is 7.78. The third kappa shape index (κ3) is 7.46. The molecule has 0 bridgehead atoms. The summed E-state index contributed by atoms with van der Waals surface area (Å²) in [6.45, 7) is 13.7. The summed E-state index contributed by atoms with van der Waals surface area (Å²) in [6.07, 6.45) is 1.59. The van der Waals surface area contributed by atoms with Crippen LogP contribution in [0, 0.1) is 5.92 Å². The van der Waals surface area contributed by atoms with Gasteiger partial charge < -0.3 is 10.2 Å². The molecule has 0 saturated carbocycles. The first-order chi connectivity index (χ1) is 9.67. The van der Waals surface area contributed by atoms with Crippen molar-refractivity contribution in [1.29, 1.82) is 0 Å². The number of carbonyl (C=O) groups excluding carboxylic acids is 2. The number of rotatable bonds is 5. The van der Waals surface area contributed by atoms with Crippen LogP contribution in [0.25, 0.3) is 0 Å². The van der Waals surface area contributed by atoms with E-state index in [-0.39, 0.29) is 17.4 Å². The molecule has 122 valence electrons. The van der Waals surface area contributed by atoms with Gasteiger partial charge in [-0.1, -0.05) is 13.8 Å². The fourth-order valence-corrected chi connectivity index (χ4v) is 2.39. The highest BCUT2D eigenvalue weighted by Crippen LogP contribution is 2.09. The van der Waals surface area contributed by atoms with Crippen LogP contribution in [0.3, 0.4) is 0 Å². The first kappa shape index (κ1) is 18.0. The number of carbonyl (C=O) groups is 2. The van der Waals surface area contributed by atoms with Crippen LogP contribution in [-0.2, 0) is 9.59 Å². The predicted molar refractivity (Wildman–Crippen MR) is 85.0 cm³/mol. The third-order valence-electron chi connectivity index (χ3n) is 3.54. The molecule has 0 aromatic rings. The molecule has 1 saturated heterocycles. The number of piperazine rings is 1. The van der Waals surface area contributed by atoms with Gasteiger partial charge in [0.1, 0.15) is 0 Å². The molecule has 0 aliphatic carbocycles. The second-order valence-corrected chi connectivity index (χ2v) is 7.39. The van der Waals surface area contributed by atoms with E-state index in [4.69, 9.17) is 0 Å². The Morgan fingerprint density at radius 2 is 1.67 bits per heavy atom. The minimum absolute atomic E-state index is 0.0575. The summed E-state index contributed by atoms with van der Waals surface area (Å²) < 4.78 is 0. The highest BCUT2D eigenvalue weighted by molar-refractivity contribution is 5.79. The van der Waals surface area contributed by atoms with E-state index in [1.807, 2.05) is 25.7 Å². The summed E-state index contributed by atoms with van der Waals surface area (Å²) in [5.41, 5.74) is -0.189. The molecule has 1 rings (SSSR count). The summed E-state index contributed by atoms with van der Waals surface area (Å²) in [7, 11) is 0. The van der Waals surface area contributed by atoms with Gasteiger partial charge in [0.25, 0.3) is 0 Å². The van der Waals surface area contributed by atoms with Gasteiger partial charge in [0.15, 0.2) is 0 Å². The van der Waals surface area contributed by atoms with E-state index in [0.29, 0.717) is 18.9 Å². The summed E-state index contributed by atoms with van der Waals surface area (Å²) in [5, 5.41) is 2.97. The maximum absolute atomic E-state index is 12.0. The van der Waals surface area contributed by atoms with Gasteiger partial charge in [0.05, 0.1) is 6.54 Å². The molecule has 21 heavy (non-hydrogen) atoms. The minimum Gasteiger partial charge on any atom is -0.350 e. The molecule has 0 aromatic carbocycles. The van der Waals surface area contributed by atoms with E-state index in [1.54, 1.807) is 0 Å². The minimum atomic E-state index is -0.189. The molecule has 1 fully saturated rings. The number of hydrogen-bond donors (Lipinski definition) is 1. The van der Waals surface area contributed by atoms with Crippen LogP contribution in [0.1, 0.15) is 47.5 Å². The van der Waals surface area contributed by atoms with Crippen LogP contribution in [0.15, 0.2) is 0 Å². The van der Waals surface area contributed by atoms with Gasteiger partial charge in [-0.05, 0) is 33.1 Å². The Balaban J connectivity index is 2.29. The topological polar surface area (TPSA) is 52.7 Å². The normalized spacial score (nSPS) is 17.1. The fourth-order valence-electron chi connectivity index (χ4n) is 2.39. The predicted octanol–water partition coefficient (Wildman–Crippen LogP) is 1.48. The van der Waals surface area contributed by atoms with Gasteiger partial charge in [-0.25, -0.2) is 0 Å². The fraction of sp³-hybridized carbons (Fsp3) is 0.875. The van der Waals surface area contributed by atoms with Crippen molar-refractivity contribution in [3.63, 3.8) is 0 Å². The van der Waals surface area contributed by atoms with E-state index in [2.05, 4.69) is 24.1 Å². The average molecular weight is 297 g/mol. The Hall–Kier alpha value is -1.10. The van der Waals surface area contributed by atoms with Gasteiger partial charge in [-0.15, -0.1) is 0 Å². The van der Waals surface area contributed by atoms with Crippen molar-refractivity contribution in [3.05, 3.63) is 0 Å². The molecule has 0 aromatic heterocycles. The maximum Gasteiger partial charge on any atom is 0.234 e. The molecule has 2 amide bonds. The third-order valence-corrected chi connectivity index (χ3v) is 3.54. The smallest absolute Gasteiger partial charge is 0.234 e. The number of nitrogens with one attached hydrogen (secondary N) is 1. The lowest BCUT2D eigenvalue weighted by molar-refractivity contribution is -0.133. The molecule has 0 spiro atoms. The van der Waals surface area contributed by atoms with Crippen LogP contribution < -0.4 is 5.32 Å². The first-order valence-electron chi connectivity index (χ1n) is 7.98. The van der Waals surface area contributed by atoms with Gasteiger partial charge in [0.2, 0.25) is 11.8 Å². The number of nitrogens with zero attached hydrogens (tertiary/aromatic N) is 2. The van der Waals surface area contributed by atoms with Crippen molar-refractivity contribution in [2.75, 3.05) is 32.7 Å². The van der Waals surface area contributed by atoms with Crippen molar-refractivity contribution < 1.29 is 9.59 Å². The summed E-state index contributed by atoms with van der Waals surface area (Å²) in [5.74, 6) is 0.876. The first-order valence-corrected chi connectivity index (χ1v) is 7.98. The molecule has 1 heterocycles. The maximum atomic E-state index is 12.0. The van der Waals surface area contributed by atoms with Crippen molar-refractivity contribution in [2.24, 2.45) is 5.92 Å². The monoisotopic (exact) mass is 297 g/mol. The largest absolute Gasteiger partial charge is 0.350 e. The highest BCUT2D eigenvalue weighted by atomic mass is 16.2. The lowest BCUT2D eigenvalue weighted by Gasteiger charge is -2.35. The molecule has 5 heteroatoms. The molecule has 0 unspecified atom stereocenters. The lowest BCUT2D eigenvalue weighted by Crippen LogP contribution is -2.52. The Kier molecular flexibility index (Phi) is 6.65. The lowest BCUT2D eigenvalue weighted by atomic mass is 10.1. The summed E-state index contributed by atoms with van der Waals surface area (Å²) in [6, 6.07) is 0. The molecule has 0 radical (unpaired) electrons. The highest BCUT2D eigenvalue weighted by Gasteiger charge is 2.23. The van der Waals surface area contributed by atoms with Crippen LogP contribution in [0.4, 0.5) is 0 Å². The summed E-state index contributed by atoms with van der Waals surface area (Å²) >= 11 is 0. The SMILES string of the molecule is CC(C)CCC(=O)N1CCN(CC(=O)NC(C)(C)C)CC1. The molecule has 0 atom stereocenters. The van der Waals surface area contributed by atoms with E-state index >= 15 is 0 Å². The molecule has 1 aliphatic rings. The van der Waals surface area contributed by atoms with E-state index in [1.165, 1.54) is 0 Å². The van der Waals surface area contributed by atoms with Crippen LogP contribution in [-0.4, -0.2) is 59.9 Å². The molecule has 1 aliphatic heterocycles. The van der Waals surface area contributed by atoms with Crippen LogP contribution >= 0.6 is 0 Å². The Morgan fingerprint density at radius 1 is 1.10 bits per heavy atom. The zero-order valence-electron chi connectivity index (χ0n) is 14.2. The molecular formula is C16H31N3O2. The van der Waals surface area contributed by atoms with Crippen molar-refractivity contribution in [2.45, 2.75) is 53.0 Å². The van der Waals surface area contributed by atoms with E-state index in [9.17, 15) is 9.59 Å². The van der Waals surface area contributed by atoms with E-state index < -0.39 is 0 Å². The quantitative estimate of drug-likeness (QED) is 0.836. The number of amides is 2. The Morgan fingerprint density at radius 3 is 2.14 bits per heavy atom. The molecule has 1 N–H and O–H groups in total. The van der Waals surface area contributed by atoms with Crippen molar-refractivity contribution >= 4 is 11.8 Å². The van der Waals surface area contributed by atoms with Gasteiger partial charge in [-0.3, -0.25) is 14.5 Å². The Bertz CT molecular complexity index is 353. The van der Waals surface area contributed by atoms with Crippen LogP contribution in [0.2, 0.25) is 0 Å². The zero-order chi connectivity index (χ0) is 16.0. The molecular weight excluding hydrogens is 266 g/mol. The van der Waals surface area contributed by atoms with Crippen LogP contribution in [0.5, 0.6) is 0 Å².